The zero-order valence-corrected chi connectivity index (χ0v) is 33.5. The van der Waals surface area contributed by atoms with Crippen molar-refractivity contribution in [2.24, 2.45) is 0 Å². The fourth-order valence-electron chi connectivity index (χ4n) is 9.82. The zero-order chi connectivity index (χ0) is 41.2. The smallest absolute Gasteiger partial charge is 0.167 e. The molecule has 63 heavy (non-hydrogen) atoms. The van der Waals surface area contributed by atoms with Gasteiger partial charge in [0.1, 0.15) is 33.5 Å². The van der Waals surface area contributed by atoms with Crippen molar-refractivity contribution in [3.8, 4) is 45.3 Å². The normalized spacial score (nSPS) is 12.1. The highest BCUT2D eigenvalue weighted by molar-refractivity contribution is 6.26. The van der Waals surface area contributed by atoms with E-state index in [1.807, 2.05) is 48.5 Å². The van der Waals surface area contributed by atoms with Gasteiger partial charge in [0.05, 0.1) is 5.56 Å². The topological polar surface area (TPSA) is 78.1 Å². The van der Waals surface area contributed by atoms with Crippen LogP contribution in [0.2, 0.25) is 0 Å². The SMILES string of the molecule is c1ccc2c(c1)oc1cc(-c3nc(-c4ccc5c6ccccc6c6ccccc6c5c4)nc(-c4cccc5c4oc4ccc(-c6cccc7oc8ccccc8c67)cc45)n3)ccc12. The number of fused-ring (bicyclic) bond motifs is 15. The minimum atomic E-state index is 0.516. The third-order valence-electron chi connectivity index (χ3n) is 12.7. The van der Waals surface area contributed by atoms with Crippen molar-refractivity contribution in [3.05, 3.63) is 188 Å². The van der Waals surface area contributed by atoms with Gasteiger partial charge in [-0.05, 0) is 98.0 Å². The second-order valence-corrected chi connectivity index (χ2v) is 16.2. The lowest BCUT2D eigenvalue weighted by atomic mass is 9.93. The van der Waals surface area contributed by atoms with Crippen LogP contribution in [0.5, 0.6) is 0 Å². The van der Waals surface area contributed by atoms with E-state index in [4.69, 9.17) is 28.2 Å². The monoisotopic (exact) mass is 805 g/mol. The molecule has 6 heteroatoms. The Morgan fingerprint density at radius 3 is 1.49 bits per heavy atom. The average molecular weight is 806 g/mol. The van der Waals surface area contributed by atoms with Gasteiger partial charge in [0.25, 0.3) is 0 Å². The van der Waals surface area contributed by atoms with Crippen LogP contribution in [0.15, 0.2) is 201 Å². The van der Waals surface area contributed by atoms with Crippen LogP contribution in [0.4, 0.5) is 0 Å². The zero-order valence-electron chi connectivity index (χ0n) is 33.5. The van der Waals surface area contributed by atoms with E-state index in [9.17, 15) is 0 Å². The summed E-state index contributed by atoms with van der Waals surface area (Å²) in [6.45, 7) is 0. The summed E-state index contributed by atoms with van der Waals surface area (Å²) in [6.07, 6.45) is 0. The molecule has 0 aliphatic carbocycles. The van der Waals surface area contributed by atoms with Crippen molar-refractivity contribution >= 4 is 98.1 Å². The van der Waals surface area contributed by atoms with Crippen molar-refractivity contribution in [1.82, 2.24) is 15.0 Å². The first-order valence-electron chi connectivity index (χ1n) is 21.1. The fraction of sp³-hybridized carbons (Fsp3) is 0. The van der Waals surface area contributed by atoms with Gasteiger partial charge in [-0.15, -0.1) is 0 Å². The summed E-state index contributed by atoms with van der Waals surface area (Å²) >= 11 is 0. The summed E-state index contributed by atoms with van der Waals surface area (Å²) in [5, 5.41) is 13.5. The molecule has 0 saturated heterocycles. The van der Waals surface area contributed by atoms with Gasteiger partial charge in [-0.2, -0.15) is 0 Å². The number of hydrogen-bond donors (Lipinski definition) is 0. The fourth-order valence-corrected chi connectivity index (χ4v) is 9.82. The summed E-state index contributed by atoms with van der Waals surface area (Å²) in [5.41, 5.74) is 9.52. The van der Waals surface area contributed by atoms with Crippen molar-refractivity contribution in [3.63, 3.8) is 0 Å². The summed E-state index contributed by atoms with van der Waals surface area (Å²) < 4.78 is 19.4. The highest BCUT2D eigenvalue weighted by atomic mass is 16.3. The maximum absolute atomic E-state index is 6.77. The lowest BCUT2D eigenvalue weighted by molar-refractivity contribution is 0.668. The standard InChI is InChI=1S/C57H31N3O3/c1-2-13-38-36(11-1)37-12-3-4-14-39(37)46-30-33(23-26-40(38)46)55-58-56(34-24-27-42-41-15-5-7-20-48(41)62-52(42)31-34)60-57(59-55)45-19-9-18-43-47-29-32(25-28-50(47)63-54(43)45)35-17-10-22-51-53(35)44-16-6-8-21-49(44)61-51/h1-31H. The number of aromatic nitrogens is 3. The number of furan rings is 3. The Bertz CT molecular complexity index is 4200. The maximum atomic E-state index is 6.77. The molecular formula is C57H31N3O3. The average Bonchev–Trinajstić information content (AvgIpc) is 4.04. The van der Waals surface area contributed by atoms with E-state index in [1.54, 1.807) is 0 Å². The first-order chi connectivity index (χ1) is 31.2. The lowest BCUT2D eigenvalue weighted by Crippen LogP contribution is -2.00. The predicted molar refractivity (Wildman–Crippen MR) is 256 cm³/mol. The van der Waals surface area contributed by atoms with Gasteiger partial charge in [-0.25, -0.2) is 15.0 Å². The summed E-state index contributed by atoms with van der Waals surface area (Å²) in [7, 11) is 0. The van der Waals surface area contributed by atoms with Gasteiger partial charge in [-0.1, -0.05) is 133 Å². The van der Waals surface area contributed by atoms with Gasteiger partial charge >= 0.3 is 0 Å². The summed E-state index contributed by atoms with van der Waals surface area (Å²) in [5.74, 6) is 1.62. The molecule has 0 spiro atoms. The van der Waals surface area contributed by atoms with E-state index in [0.717, 1.165) is 93.4 Å². The largest absolute Gasteiger partial charge is 0.456 e. The number of para-hydroxylation sites is 3. The highest BCUT2D eigenvalue weighted by Crippen LogP contribution is 2.42. The highest BCUT2D eigenvalue weighted by Gasteiger charge is 2.21. The lowest BCUT2D eigenvalue weighted by Gasteiger charge is -2.12. The molecule has 14 rings (SSSR count). The van der Waals surface area contributed by atoms with Crippen LogP contribution in [-0.4, -0.2) is 15.0 Å². The van der Waals surface area contributed by atoms with Crippen LogP contribution in [0, 0.1) is 0 Å². The van der Waals surface area contributed by atoms with Crippen LogP contribution in [0.25, 0.3) is 143 Å². The van der Waals surface area contributed by atoms with Gasteiger partial charge in [-0.3, -0.25) is 0 Å². The van der Waals surface area contributed by atoms with Crippen LogP contribution >= 0.6 is 0 Å². The summed E-state index contributed by atoms with van der Waals surface area (Å²) in [6, 6.07) is 65.2. The van der Waals surface area contributed by atoms with Crippen LogP contribution in [0.3, 0.4) is 0 Å². The van der Waals surface area contributed by atoms with Crippen LogP contribution in [0.1, 0.15) is 0 Å². The first kappa shape index (κ1) is 34.1. The molecule has 4 heterocycles. The Morgan fingerprint density at radius 2 is 0.730 bits per heavy atom. The quantitative estimate of drug-likeness (QED) is 0.165. The van der Waals surface area contributed by atoms with Crippen LogP contribution < -0.4 is 0 Å². The Balaban J connectivity index is 0.982. The third-order valence-corrected chi connectivity index (χ3v) is 12.7. The van der Waals surface area contributed by atoms with E-state index >= 15 is 0 Å². The van der Waals surface area contributed by atoms with E-state index in [2.05, 4.69) is 140 Å². The molecule has 0 bridgehead atoms. The minimum Gasteiger partial charge on any atom is -0.456 e. The Labute approximate surface area is 358 Å². The van der Waals surface area contributed by atoms with Gasteiger partial charge in [0, 0.05) is 43.4 Å². The van der Waals surface area contributed by atoms with Crippen molar-refractivity contribution in [1.29, 1.82) is 0 Å². The molecule has 0 saturated carbocycles. The maximum Gasteiger partial charge on any atom is 0.167 e. The van der Waals surface area contributed by atoms with Gasteiger partial charge < -0.3 is 13.3 Å². The van der Waals surface area contributed by atoms with Crippen LogP contribution in [-0.2, 0) is 0 Å². The molecule has 0 unspecified atom stereocenters. The Morgan fingerprint density at radius 1 is 0.254 bits per heavy atom. The molecule has 292 valence electrons. The molecule has 0 N–H and O–H groups in total. The van der Waals surface area contributed by atoms with E-state index in [0.29, 0.717) is 23.1 Å². The van der Waals surface area contributed by atoms with Gasteiger partial charge in [0.15, 0.2) is 17.5 Å². The van der Waals surface area contributed by atoms with Crippen molar-refractivity contribution in [2.45, 2.75) is 0 Å². The molecule has 0 amide bonds. The Hall–Kier alpha value is -8.61. The molecule has 0 aliphatic heterocycles. The van der Waals surface area contributed by atoms with Crippen molar-refractivity contribution in [2.75, 3.05) is 0 Å². The first-order valence-corrected chi connectivity index (χ1v) is 21.1. The number of nitrogens with zero attached hydrogens (tertiary/aromatic N) is 3. The predicted octanol–water partition coefficient (Wildman–Crippen LogP) is 15.7. The summed E-state index contributed by atoms with van der Waals surface area (Å²) in [4.78, 5) is 15.7. The molecule has 0 radical (unpaired) electrons. The van der Waals surface area contributed by atoms with E-state index in [1.165, 1.54) is 26.9 Å². The molecule has 10 aromatic carbocycles. The molecule has 0 aliphatic rings. The number of hydrogen-bond acceptors (Lipinski definition) is 6. The van der Waals surface area contributed by atoms with E-state index in [-0.39, 0.29) is 0 Å². The molecule has 4 aromatic heterocycles. The minimum absolute atomic E-state index is 0.516. The number of benzene rings is 10. The Kier molecular flexibility index (Phi) is 7.02. The molecule has 0 fully saturated rings. The van der Waals surface area contributed by atoms with Gasteiger partial charge in [0.2, 0.25) is 0 Å². The van der Waals surface area contributed by atoms with Crippen molar-refractivity contribution < 1.29 is 13.3 Å². The molecule has 0 atom stereocenters. The molecule has 6 nitrogen and oxygen atoms in total. The van der Waals surface area contributed by atoms with E-state index < -0.39 is 0 Å². The third kappa shape index (κ3) is 5.09. The second kappa shape index (κ2) is 12.9. The number of rotatable bonds is 4. The molecule has 14 aromatic rings. The molecular weight excluding hydrogens is 775 g/mol. The second-order valence-electron chi connectivity index (χ2n) is 16.2.